The van der Waals surface area contributed by atoms with Crippen molar-refractivity contribution in [3.63, 3.8) is 0 Å². The predicted molar refractivity (Wildman–Crippen MR) is 90.1 cm³/mol. The van der Waals surface area contributed by atoms with Gasteiger partial charge < -0.3 is 15.8 Å². The molecule has 0 fully saturated rings. The molecule has 0 saturated heterocycles. The molecule has 0 saturated carbocycles. The van der Waals surface area contributed by atoms with Crippen molar-refractivity contribution in [3.05, 3.63) is 53.6 Å². The van der Waals surface area contributed by atoms with Gasteiger partial charge in [-0.2, -0.15) is 0 Å². The van der Waals surface area contributed by atoms with Crippen LogP contribution in [0.25, 0.3) is 0 Å². The highest BCUT2D eigenvalue weighted by Gasteiger charge is 2.04. The van der Waals surface area contributed by atoms with Gasteiger partial charge in [-0.1, -0.05) is 23.8 Å². The predicted octanol–water partition coefficient (Wildman–Crippen LogP) is 3.68. The summed E-state index contributed by atoms with van der Waals surface area (Å²) in [6.45, 7) is 4.60. The van der Waals surface area contributed by atoms with E-state index >= 15 is 0 Å². The quantitative estimate of drug-likeness (QED) is 0.631. The van der Waals surface area contributed by atoms with E-state index in [1.54, 1.807) is 12.1 Å². The lowest BCUT2D eigenvalue weighted by Crippen LogP contribution is -2.13. The van der Waals surface area contributed by atoms with E-state index in [-0.39, 0.29) is 5.91 Å². The molecular weight excluding hydrogens is 276 g/mol. The molecule has 2 aromatic rings. The van der Waals surface area contributed by atoms with E-state index in [0.29, 0.717) is 25.1 Å². The summed E-state index contributed by atoms with van der Waals surface area (Å²) in [7, 11) is 0. The number of nitrogens with two attached hydrogens (primary N) is 1. The van der Waals surface area contributed by atoms with Crippen LogP contribution in [0.1, 0.15) is 24.0 Å². The molecule has 4 heteroatoms. The second-order valence-corrected chi connectivity index (χ2v) is 5.39. The topological polar surface area (TPSA) is 64.3 Å². The lowest BCUT2D eigenvalue weighted by molar-refractivity contribution is -0.116. The molecular formula is C18H22N2O2. The highest BCUT2D eigenvalue weighted by molar-refractivity contribution is 5.91. The first kappa shape index (κ1) is 15.9. The first-order chi connectivity index (χ1) is 10.5. The first-order valence-corrected chi connectivity index (χ1v) is 7.40. The van der Waals surface area contributed by atoms with E-state index in [1.165, 1.54) is 5.56 Å². The number of nitrogen functional groups attached to an aromatic ring is 1. The van der Waals surface area contributed by atoms with Crippen LogP contribution in [0.2, 0.25) is 0 Å². The van der Waals surface area contributed by atoms with Crippen LogP contribution >= 0.6 is 0 Å². The number of rotatable bonds is 6. The first-order valence-electron chi connectivity index (χ1n) is 7.40. The molecule has 0 bridgehead atoms. The van der Waals surface area contributed by atoms with Crippen LogP contribution < -0.4 is 15.8 Å². The number of amides is 1. The maximum Gasteiger partial charge on any atom is 0.224 e. The average molecular weight is 298 g/mol. The molecule has 0 aliphatic carbocycles. The van der Waals surface area contributed by atoms with Gasteiger partial charge in [-0.15, -0.1) is 0 Å². The van der Waals surface area contributed by atoms with Crippen LogP contribution in [0, 0.1) is 13.8 Å². The Morgan fingerprint density at radius 1 is 1.18 bits per heavy atom. The van der Waals surface area contributed by atoms with Crippen LogP contribution in [-0.4, -0.2) is 12.5 Å². The van der Waals surface area contributed by atoms with Gasteiger partial charge in [-0.3, -0.25) is 4.79 Å². The van der Waals surface area contributed by atoms with Crippen LogP contribution in [0.5, 0.6) is 5.75 Å². The SMILES string of the molecule is Cc1ccc(OCCCC(=O)Nc2cccc(N)c2)c(C)c1. The third-order valence-electron chi connectivity index (χ3n) is 3.31. The number of anilines is 2. The van der Waals surface area contributed by atoms with Crippen molar-refractivity contribution in [1.82, 2.24) is 0 Å². The van der Waals surface area contributed by atoms with Gasteiger partial charge in [0.05, 0.1) is 6.61 Å². The summed E-state index contributed by atoms with van der Waals surface area (Å²) in [4.78, 5) is 11.8. The molecule has 0 spiro atoms. The van der Waals surface area contributed by atoms with Crippen molar-refractivity contribution < 1.29 is 9.53 Å². The van der Waals surface area contributed by atoms with E-state index in [9.17, 15) is 4.79 Å². The fraction of sp³-hybridized carbons (Fsp3) is 0.278. The number of carbonyl (C=O) groups excluding carboxylic acids is 1. The molecule has 0 atom stereocenters. The van der Waals surface area contributed by atoms with Gasteiger partial charge in [0.25, 0.3) is 0 Å². The minimum absolute atomic E-state index is 0.0326. The Kier molecular flexibility index (Phi) is 5.42. The summed E-state index contributed by atoms with van der Waals surface area (Å²) in [5, 5.41) is 2.83. The van der Waals surface area contributed by atoms with Crippen molar-refractivity contribution >= 4 is 17.3 Å². The minimum Gasteiger partial charge on any atom is -0.493 e. The van der Waals surface area contributed by atoms with Crippen LogP contribution in [0.4, 0.5) is 11.4 Å². The number of ether oxygens (including phenoxy) is 1. The zero-order valence-electron chi connectivity index (χ0n) is 13.1. The largest absolute Gasteiger partial charge is 0.493 e. The van der Waals surface area contributed by atoms with Crippen molar-refractivity contribution in [3.8, 4) is 5.75 Å². The van der Waals surface area contributed by atoms with Gasteiger partial charge in [0.2, 0.25) is 5.91 Å². The van der Waals surface area contributed by atoms with Crippen molar-refractivity contribution in [2.45, 2.75) is 26.7 Å². The fourth-order valence-electron chi connectivity index (χ4n) is 2.22. The van der Waals surface area contributed by atoms with E-state index in [1.807, 2.05) is 31.2 Å². The normalized spacial score (nSPS) is 10.3. The van der Waals surface area contributed by atoms with E-state index in [4.69, 9.17) is 10.5 Å². The average Bonchev–Trinajstić information content (AvgIpc) is 2.45. The number of nitrogens with one attached hydrogen (secondary N) is 1. The third-order valence-corrected chi connectivity index (χ3v) is 3.31. The standard InChI is InChI=1S/C18H22N2O2/c1-13-8-9-17(14(2)11-13)22-10-4-7-18(21)20-16-6-3-5-15(19)12-16/h3,5-6,8-9,11-12H,4,7,10,19H2,1-2H3,(H,20,21). The highest BCUT2D eigenvalue weighted by Crippen LogP contribution is 2.19. The lowest BCUT2D eigenvalue weighted by Gasteiger charge is -2.10. The molecule has 1 amide bonds. The van der Waals surface area contributed by atoms with Gasteiger partial charge in [-0.05, 0) is 50.1 Å². The minimum atomic E-state index is -0.0326. The Bertz CT molecular complexity index is 653. The summed E-state index contributed by atoms with van der Waals surface area (Å²) in [6, 6.07) is 13.2. The zero-order chi connectivity index (χ0) is 15.9. The molecule has 0 heterocycles. The van der Waals surface area contributed by atoms with Gasteiger partial charge >= 0.3 is 0 Å². The highest BCUT2D eigenvalue weighted by atomic mass is 16.5. The fourth-order valence-corrected chi connectivity index (χ4v) is 2.22. The summed E-state index contributed by atoms with van der Waals surface area (Å²) in [5.41, 5.74) is 9.36. The maximum absolute atomic E-state index is 11.8. The molecule has 116 valence electrons. The van der Waals surface area contributed by atoms with Crippen LogP contribution in [0.15, 0.2) is 42.5 Å². The van der Waals surface area contributed by atoms with Crippen molar-refractivity contribution in [1.29, 1.82) is 0 Å². The van der Waals surface area contributed by atoms with Crippen molar-refractivity contribution in [2.75, 3.05) is 17.7 Å². The Labute approximate surface area is 131 Å². The van der Waals surface area contributed by atoms with E-state index in [0.717, 1.165) is 17.0 Å². The van der Waals surface area contributed by atoms with Gasteiger partial charge in [0.15, 0.2) is 0 Å². The number of carbonyl (C=O) groups is 1. The van der Waals surface area contributed by atoms with Crippen molar-refractivity contribution in [2.24, 2.45) is 0 Å². The molecule has 2 aromatic carbocycles. The molecule has 0 unspecified atom stereocenters. The molecule has 0 aromatic heterocycles. The summed E-state index contributed by atoms with van der Waals surface area (Å²) < 4.78 is 5.71. The second kappa shape index (κ2) is 7.50. The van der Waals surface area contributed by atoms with E-state index in [2.05, 4.69) is 18.3 Å². The summed E-state index contributed by atoms with van der Waals surface area (Å²) >= 11 is 0. The smallest absolute Gasteiger partial charge is 0.224 e. The Balaban J connectivity index is 1.73. The number of hydrogen-bond acceptors (Lipinski definition) is 3. The third kappa shape index (κ3) is 4.81. The second-order valence-electron chi connectivity index (χ2n) is 5.39. The van der Waals surface area contributed by atoms with Gasteiger partial charge in [0.1, 0.15) is 5.75 Å². The monoisotopic (exact) mass is 298 g/mol. The molecule has 2 rings (SSSR count). The summed E-state index contributed by atoms with van der Waals surface area (Å²) in [6.07, 6.45) is 1.08. The number of aryl methyl sites for hydroxylation is 2. The Morgan fingerprint density at radius 3 is 2.73 bits per heavy atom. The molecule has 0 radical (unpaired) electrons. The molecule has 4 nitrogen and oxygen atoms in total. The molecule has 0 aliphatic heterocycles. The van der Waals surface area contributed by atoms with Crippen LogP contribution in [-0.2, 0) is 4.79 Å². The lowest BCUT2D eigenvalue weighted by atomic mass is 10.1. The number of hydrogen-bond donors (Lipinski definition) is 2. The van der Waals surface area contributed by atoms with E-state index < -0.39 is 0 Å². The van der Waals surface area contributed by atoms with Crippen LogP contribution in [0.3, 0.4) is 0 Å². The Morgan fingerprint density at radius 2 is 2.00 bits per heavy atom. The van der Waals surface area contributed by atoms with Gasteiger partial charge in [0, 0.05) is 17.8 Å². The molecule has 0 aliphatic rings. The molecule has 22 heavy (non-hydrogen) atoms. The molecule has 3 N–H and O–H groups in total. The zero-order valence-corrected chi connectivity index (χ0v) is 13.1. The summed E-state index contributed by atoms with van der Waals surface area (Å²) in [5.74, 6) is 0.844. The number of benzene rings is 2. The maximum atomic E-state index is 11.8. The van der Waals surface area contributed by atoms with Gasteiger partial charge in [-0.25, -0.2) is 0 Å². The Hall–Kier alpha value is -2.49.